The van der Waals surface area contributed by atoms with Crippen LogP contribution in [0.1, 0.15) is 31.7 Å². The van der Waals surface area contributed by atoms with Gasteiger partial charge in [0.15, 0.2) is 0 Å². The van der Waals surface area contributed by atoms with Crippen LogP contribution in [0.2, 0.25) is 0 Å². The predicted octanol–water partition coefficient (Wildman–Crippen LogP) is 4.70. The average molecular weight is 339 g/mol. The second kappa shape index (κ2) is 4.99. The van der Waals surface area contributed by atoms with Gasteiger partial charge < -0.3 is 9.47 Å². The van der Waals surface area contributed by atoms with Crippen molar-refractivity contribution in [2.24, 2.45) is 0 Å². The standard InChI is InChI=1S/C15H15ClF4O2/c1-2-11-14(22-11,13(16)7-8-13)9-3-5-10(6-4-9)21-15(19,20)12(17)18/h3-6,11-12H,2,7-8H2,1H3. The summed E-state index contributed by atoms with van der Waals surface area (Å²) in [5.41, 5.74) is 0.159. The van der Waals surface area contributed by atoms with Crippen LogP contribution in [0.15, 0.2) is 24.3 Å². The number of ether oxygens (including phenoxy) is 2. The van der Waals surface area contributed by atoms with Crippen LogP contribution in [-0.4, -0.2) is 23.5 Å². The highest BCUT2D eigenvalue weighted by Gasteiger charge is 2.73. The van der Waals surface area contributed by atoms with Gasteiger partial charge >= 0.3 is 12.5 Å². The van der Waals surface area contributed by atoms with Crippen LogP contribution in [0, 0.1) is 0 Å². The summed E-state index contributed by atoms with van der Waals surface area (Å²) in [6, 6.07) is 5.58. The quantitative estimate of drug-likeness (QED) is 0.426. The summed E-state index contributed by atoms with van der Waals surface area (Å²) in [6.45, 7) is 1.98. The molecule has 3 rings (SSSR count). The molecule has 2 atom stereocenters. The molecule has 0 amide bonds. The molecule has 7 heteroatoms. The highest BCUT2D eigenvalue weighted by atomic mass is 35.5. The molecule has 0 spiro atoms. The predicted molar refractivity (Wildman–Crippen MR) is 72.7 cm³/mol. The Morgan fingerprint density at radius 1 is 1.32 bits per heavy atom. The zero-order valence-corrected chi connectivity index (χ0v) is 12.5. The van der Waals surface area contributed by atoms with Crippen molar-refractivity contribution in [2.75, 3.05) is 0 Å². The topological polar surface area (TPSA) is 21.8 Å². The van der Waals surface area contributed by atoms with Gasteiger partial charge in [0.25, 0.3) is 0 Å². The zero-order chi connectivity index (χ0) is 16.2. The van der Waals surface area contributed by atoms with E-state index in [-0.39, 0.29) is 11.9 Å². The highest BCUT2D eigenvalue weighted by Crippen LogP contribution is 2.67. The van der Waals surface area contributed by atoms with E-state index in [2.05, 4.69) is 4.74 Å². The van der Waals surface area contributed by atoms with E-state index in [1.54, 1.807) is 12.1 Å². The molecule has 2 nitrogen and oxygen atoms in total. The molecule has 1 heterocycles. The first-order valence-electron chi connectivity index (χ1n) is 7.07. The fraction of sp³-hybridized carbons (Fsp3) is 0.600. The maximum absolute atomic E-state index is 12.9. The minimum Gasteiger partial charge on any atom is -0.428 e. The SMILES string of the molecule is CCC1OC1(c1ccc(OC(F)(F)C(F)F)cc1)C1(Cl)CC1. The number of halogens is 5. The van der Waals surface area contributed by atoms with Crippen molar-refractivity contribution < 1.29 is 27.0 Å². The van der Waals surface area contributed by atoms with Crippen molar-refractivity contribution in [1.82, 2.24) is 0 Å². The molecule has 1 saturated carbocycles. The number of hydrogen-bond donors (Lipinski definition) is 0. The Hall–Kier alpha value is -1.01. The fourth-order valence-corrected chi connectivity index (χ4v) is 3.29. The van der Waals surface area contributed by atoms with E-state index in [9.17, 15) is 17.6 Å². The van der Waals surface area contributed by atoms with Crippen LogP contribution in [0.5, 0.6) is 5.75 Å². The Bertz CT molecular complexity index is 559. The lowest BCUT2D eigenvalue weighted by atomic mass is 9.89. The van der Waals surface area contributed by atoms with E-state index in [1.165, 1.54) is 12.1 Å². The summed E-state index contributed by atoms with van der Waals surface area (Å²) < 4.78 is 59.9. The molecule has 1 aromatic rings. The molecule has 122 valence electrons. The van der Waals surface area contributed by atoms with Gasteiger partial charge in [-0.25, -0.2) is 0 Å². The van der Waals surface area contributed by atoms with Crippen LogP contribution in [0.4, 0.5) is 17.6 Å². The second-order valence-electron chi connectivity index (χ2n) is 5.70. The lowest BCUT2D eigenvalue weighted by Gasteiger charge is -2.20. The fourth-order valence-electron chi connectivity index (χ4n) is 2.92. The monoisotopic (exact) mass is 338 g/mol. The number of alkyl halides is 5. The Kier molecular flexibility index (Phi) is 3.60. The van der Waals surface area contributed by atoms with Gasteiger partial charge in [-0.15, -0.1) is 11.6 Å². The summed E-state index contributed by atoms with van der Waals surface area (Å²) in [4.78, 5) is -0.455. The van der Waals surface area contributed by atoms with Crippen LogP contribution < -0.4 is 4.74 Å². The molecule has 1 aliphatic heterocycles. The van der Waals surface area contributed by atoms with Gasteiger partial charge in [0.2, 0.25) is 0 Å². The summed E-state index contributed by atoms with van der Waals surface area (Å²) in [6.07, 6.45) is -5.96. The molecule has 1 saturated heterocycles. The third-order valence-electron chi connectivity index (χ3n) is 4.24. The zero-order valence-electron chi connectivity index (χ0n) is 11.8. The maximum Gasteiger partial charge on any atom is 0.461 e. The van der Waals surface area contributed by atoms with Crippen molar-refractivity contribution in [1.29, 1.82) is 0 Å². The van der Waals surface area contributed by atoms with Crippen LogP contribution in [-0.2, 0) is 10.3 Å². The normalized spacial score (nSPS) is 29.5. The van der Waals surface area contributed by atoms with E-state index in [4.69, 9.17) is 16.3 Å². The van der Waals surface area contributed by atoms with Crippen LogP contribution in [0.3, 0.4) is 0 Å². The first-order chi connectivity index (χ1) is 10.2. The van der Waals surface area contributed by atoms with Gasteiger partial charge in [-0.05, 0) is 37.0 Å². The van der Waals surface area contributed by atoms with Gasteiger partial charge in [0.1, 0.15) is 11.4 Å². The number of benzene rings is 1. The van der Waals surface area contributed by atoms with Gasteiger partial charge in [0.05, 0.1) is 11.0 Å². The Morgan fingerprint density at radius 2 is 1.91 bits per heavy atom. The Balaban J connectivity index is 1.80. The Morgan fingerprint density at radius 3 is 2.32 bits per heavy atom. The number of hydrogen-bond acceptors (Lipinski definition) is 2. The van der Waals surface area contributed by atoms with E-state index in [1.807, 2.05) is 6.92 Å². The van der Waals surface area contributed by atoms with Crippen molar-refractivity contribution >= 4 is 11.6 Å². The lowest BCUT2D eigenvalue weighted by Crippen LogP contribution is -2.33. The third-order valence-corrected chi connectivity index (χ3v) is 4.90. The minimum atomic E-state index is -4.51. The molecule has 0 bridgehead atoms. The summed E-state index contributed by atoms with van der Waals surface area (Å²) >= 11 is 6.52. The molecule has 0 N–H and O–H groups in total. The first-order valence-corrected chi connectivity index (χ1v) is 7.45. The molecular weight excluding hydrogens is 324 g/mol. The molecule has 1 aliphatic carbocycles. The molecule has 1 aromatic carbocycles. The first kappa shape index (κ1) is 15.9. The molecular formula is C15H15ClF4O2. The van der Waals surface area contributed by atoms with Crippen LogP contribution >= 0.6 is 11.6 Å². The van der Waals surface area contributed by atoms with Crippen LogP contribution in [0.25, 0.3) is 0 Å². The largest absolute Gasteiger partial charge is 0.461 e. The van der Waals surface area contributed by atoms with Gasteiger partial charge in [-0.3, -0.25) is 0 Å². The van der Waals surface area contributed by atoms with Crippen molar-refractivity contribution in [2.45, 2.75) is 55.3 Å². The molecule has 22 heavy (non-hydrogen) atoms. The maximum atomic E-state index is 12.9. The van der Waals surface area contributed by atoms with E-state index < -0.39 is 23.0 Å². The minimum absolute atomic E-state index is 0.0122. The van der Waals surface area contributed by atoms with Gasteiger partial charge in [-0.1, -0.05) is 19.1 Å². The summed E-state index contributed by atoms with van der Waals surface area (Å²) in [5.74, 6) is -0.322. The average Bonchev–Trinajstić information content (AvgIpc) is 3.35. The van der Waals surface area contributed by atoms with Gasteiger partial charge in [0, 0.05) is 0 Å². The Labute approximate surface area is 130 Å². The van der Waals surface area contributed by atoms with Crippen molar-refractivity contribution in [3.63, 3.8) is 0 Å². The van der Waals surface area contributed by atoms with E-state index in [0.717, 1.165) is 24.8 Å². The van der Waals surface area contributed by atoms with Crippen molar-refractivity contribution in [3.05, 3.63) is 29.8 Å². The lowest BCUT2D eigenvalue weighted by molar-refractivity contribution is -0.253. The molecule has 0 aromatic heterocycles. The molecule has 2 fully saturated rings. The third kappa shape index (κ3) is 2.36. The smallest absolute Gasteiger partial charge is 0.428 e. The molecule has 2 unspecified atom stereocenters. The van der Waals surface area contributed by atoms with E-state index >= 15 is 0 Å². The number of epoxide rings is 1. The number of rotatable bonds is 6. The van der Waals surface area contributed by atoms with E-state index in [0.29, 0.717) is 0 Å². The van der Waals surface area contributed by atoms with Gasteiger partial charge in [-0.2, -0.15) is 17.6 Å². The molecule has 2 aliphatic rings. The van der Waals surface area contributed by atoms with Crippen molar-refractivity contribution in [3.8, 4) is 5.75 Å². The second-order valence-corrected chi connectivity index (χ2v) is 6.43. The highest BCUT2D eigenvalue weighted by molar-refractivity contribution is 6.27. The summed E-state index contributed by atoms with van der Waals surface area (Å²) in [7, 11) is 0. The molecule has 0 radical (unpaired) electrons. The summed E-state index contributed by atoms with van der Waals surface area (Å²) in [5, 5.41) is 0.